The molecule has 0 spiro atoms. The first-order chi connectivity index (χ1) is 10.2. The number of benzene rings is 1. The summed E-state index contributed by atoms with van der Waals surface area (Å²) in [6.07, 6.45) is 0. The fourth-order valence-electron chi connectivity index (χ4n) is 2.40. The number of amides is 1. The van der Waals surface area contributed by atoms with Gasteiger partial charge in [-0.15, -0.1) is 5.10 Å². The number of nitrogens with one attached hydrogen (secondary N) is 1. The van der Waals surface area contributed by atoms with Gasteiger partial charge >= 0.3 is 0 Å². The number of para-hydroxylation sites is 2. The Morgan fingerprint density at radius 2 is 2.00 bits per heavy atom. The lowest BCUT2D eigenvalue weighted by Crippen LogP contribution is -2.31. The van der Waals surface area contributed by atoms with Crippen LogP contribution in [0.25, 0.3) is 16.6 Å². The summed E-state index contributed by atoms with van der Waals surface area (Å²) >= 11 is 0. The van der Waals surface area contributed by atoms with Crippen LogP contribution in [0.15, 0.2) is 29.1 Å². The largest absolute Gasteiger partial charge is 0.338 e. The number of H-pyrrole nitrogens is 1. The first-order valence-corrected chi connectivity index (χ1v) is 6.83. The molecular formula is C14H15N5O2. The van der Waals surface area contributed by atoms with Crippen molar-refractivity contribution in [2.45, 2.75) is 13.8 Å². The molecule has 2 aromatic heterocycles. The van der Waals surface area contributed by atoms with Gasteiger partial charge in [0.1, 0.15) is 0 Å². The zero-order valence-corrected chi connectivity index (χ0v) is 11.8. The Bertz CT molecular complexity index is 876. The molecule has 7 nitrogen and oxygen atoms in total. The minimum absolute atomic E-state index is 0.0886. The van der Waals surface area contributed by atoms with Gasteiger partial charge in [-0.05, 0) is 26.0 Å². The summed E-state index contributed by atoms with van der Waals surface area (Å²) in [4.78, 5) is 29.1. The molecule has 21 heavy (non-hydrogen) atoms. The van der Waals surface area contributed by atoms with E-state index in [1.54, 1.807) is 11.0 Å². The molecule has 1 N–H and O–H groups in total. The van der Waals surface area contributed by atoms with Crippen LogP contribution in [0, 0.1) is 0 Å². The van der Waals surface area contributed by atoms with E-state index in [4.69, 9.17) is 0 Å². The third-order valence-corrected chi connectivity index (χ3v) is 3.52. The van der Waals surface area contributed by atoms with Gasteiger partial charge in [-0.1, -0.05) is 17.3 Å². The average molecular weight is 285 g/mol. The standard InChI is InChI=1S/C14H15N5O2/c1-3-18(4-2)14(21)11-12-13(20)15-9-7-5-6-8-10(9)19(12)17-16-11/h5-8H,3-4H2,1-2H3,(H,15,20). The highest BCUT2D eigenvalue weighted by molar-refractivity contribution is 5.99. The van der Waals surface area contributed by atoms with Gasteiger partial charge in [-0.3, -0.25) is 9.59 Å². The van der Waals surface area contributed by atoms with Crippen LogP contribution >= 0.6 is 0 Å². The van der Waals surface area contributed by atoms with Crippen LogP contribution in [0.4, 0.5) is 0 Å². The second-order valence-electron chi connectivity index (χ2n) is 4.65. The van der Waals surface area contributed by atoms with E-state index < -0.39 is 0 Å². The number of carbonyl (C=O) groups is 1. The summed E-state index contributed by atoms with van der Waals surface area (Å²) in [5, 5.41) is 7.90. The summed E-state index contributed by atoms with van der Waals surface area (Å²) in [5.41, 5.74) is 1.27. The van der Waals surface area contributed by atoms with Gasteiger partial charge in [-0.25, -0.2) is 4.52 Å². The van der Waals surface area contributed by atoms with Crippen LogP contribution in [0.3, 0.4) is 0 Å². The fourth-order valence-corrected chi connectivity index (χ4v) is 2.40. The molecule has 0 aliphatic rings. The molecule has 3 rings (SSSR count). The molecule has 0 bridgehead atoms. The summed E-state index contributed by atoms with van der Waals surface area (Å²) < 4.78 is 1.42. The molecule has 0 aliphatic heterocycles. The van der Waals surface area contributed by atoms with Gasteiger partial charge in [0.15, 0.2) is 11.2 Å². The average Bonchev–Trinajstić information content (AvgIpc) is 2.94. The molecule has 0 fully saturated rings. The lowest BCUT2D eigenvalue weighted by atomic mass is 10.2. The molecule has 7 heteroatoms. The Labute approximate surface area is 120 Å². The van der Waals surface area contributed by atoms with E-state index in [-0.39, 0.29) is 22.7 Å². The van der Waals surface area contributed by atoms with Gasteiger partial charge in [-0.2, -0.15) is 0 Å². The molecule has 0 unspecified atom stereocenters. The Kier molecular flexibility index (Phi) is 3.17. The van der Waals surface area contributed by atoms with E-state index >= 15 is 0 Å². The molecule has 1 aromatic carbocycles. The van der Waals surface area contributed by atoms with E-state index in [9.17, 15) is 9.59 Å². The lowest BCUT2D eigenvalue weighted by Gasteiger charge is -2.16. The molecular weight excluding hydrogens is 270 g/mol. The highest BCUT2D eigenvalue weighted by atomic mass is 16.2. The number of hydrogen-bond donors (Lipinski definition) is 1. The van der Waals surface area contributed by atoms with Crippen molar-refractivity contribution in [3.05, 3.63) is 40.3 Å². The Morgan fingerprint density at radius 1 is 1.29 bits per heavy atom. The molecule has 1 amide bonds. The van der Waals surface area contributed by atoms with Crippen molar-refractivity contribution in [3.63, 3.8) is 0 Å². The molecule has 0 saturated heterocycles. The number of rotatable bonds is 3. The van der Waals surface area contributed by atoms with Gasteiger partial charge in [0.25, 0.3) is 11.5 Å². The molecule has 2 heterocycles. The quantitative estimate of drug-likeness (QED) is 0.779. The third kappa shape index (κ3) is 1.97. The predicted octanol–water partition coefficient (Wildman–Crippen LogP) is 1.05. The van der Waals surface area contributed by atoms with Crippen molar-refractivity contribution in [3.8, 4) is 0 Å². The van der Waals surface area contributed by atoms with Gasteiger partial charge in [0.05, 0.1) is 11.0 Å². The topological polar surface area (TPSA) is 83.4 Å². The summed E-state index contributed by atoms with van der Waals surface area (Å²) in [6, 6.07) is 7.26. The zero-order chi connectivity index (χ0) is 15.0. The molecule has 3 aromatic rings. The lowest BCUT2D eigenvalue weighted by molar-refractivity contribution is 0.0769. The van der Waals surface area contributed by atoms with Crippen LogP contribution in [0.5, 0.6) is 0 Å². The summed E-state index contributed by atoms with van der Waals surface area (Å²) in [7, 11) is 0. The first kappa shape index (κ1) is 13.3. The van der Waals surface area contributed by atoms with Crippen LogP contribution in [0.1, 0.15) is 24.3 Å². The number of aromatic amines is 1. The van der Waals surface area contributed by atoms with Crippen molar-refractivity contribution in [2.24, 2.45) is 0 Å². The van der Waals surface area contributed by atoms with Crippen LogP contribution in [0.2, 0.25) is 0 Å². The molecule has 108 valence electrons. The fraction of sp³-hybridized carbons (Fsp3) is 0.286. The predicted molar refractivity (Wildman–Crippen MR) is 78.4 cm³/mol. The molecule has 0 radical (unpaired) electrons. The zero-order valence-electron chi connectivity index (χ0n) is 11.8. The SMILES string of the molecule is CCN(CC)C(=O)c1nnn2c1c(=O)[nH]c1ccccc12. The highest BCUT2D eigenvalue weighted by Crippen LogP contribution is 2.13. The third-order valence-electron chi connectivity index (χ3n) is 3.52. The molecule has 0 aliphatic carbocycles. The van der Waals surface area contributed by atoms with E-state index in [1.807, 2.05) is 32.0 Å². The smallest absolute Gasteiger partial charge is 0.277 e. The van der Waals surface area contributed by atoms with Crippen LogP contribution in [-0.4, -0.2) is 43.7 Å². The number of hydrogen-bond acceptors (Lipinski definition) is 4. The minimum atomic E-state index is -0.366. The molecule has 0 saturated carbocycles. The number of nitrogens with zero attached hydrogens (tertiary/aromatic N) is 4. The normalized spacial score (nSPS) is 11.1. The highest BCUT2D eigenvalue weighted by Gasteiger charge is 2.22. The summed E-state index contributed by atoms with van der Waals surface area (Å²) in [5.74, 6) is -0.282. The first-order valence-electron chi connectivity index (χ1n) is 6.83. The van der Waals surface area contributed by atoms with Gasteiger partial charge < -0.3 is 9.88 Å². The second-order valence-corrected chi connectivity index (χ2v) is 4.65. The van der Waals surface area contributed by atoms with Crippen molar-refractivity contribution >= 4 is 22.5 Å². The van der Waals surface area contributed by atoms with E-state index in [0.717, 1.165) is 0 Å². The number of carbonyl (C=O) groups excluding carboxylic acids is 1. The summed E-state index contributed by atoms with van der Waals surface area (Å²) in [6.45, 7) is 4.87. The second kappa shape index (κ2) is 5.01. The van der Waals surface area contributed by atoms with E-state index in [0.29, 0.717) is 24.1 Å². The van der Waals surface area contributed by atoms with E-state index in [2.05, 4.69) is 15.3 Å². The number of fused-ring (bicyclic) bond motifs is 3. The Morgan fingerprint density at radius 3 is 2.71 bits per heavy atom. The van der Waals surface area contributed by atoms with Crippen molar-refractivity contribution in [1.82, 2.24) is 24.7 Å². The number of aromatic nitrogens is 4. The Balaban J connectivity index is 2.30. The maximum atomic E-state index is 12.4. The van der Waals surface area contributed by atoms with Crippen LogP contribution < -0.4 is 5.56 Å². The van der Waals surface area contributed by atoms with Crippen LogP contribution in [-0.2, 0) is 0 Å². The maximum absolute atomic E-state index is 12.4. The minimum Gasteiger partial charge on any atom is -0.338 e. The Hall–Kier alpha value is -2.70. The van der Waals surface area contributed by atoms with Crippen molar-refractivity contribution in [2.75, 3.05) is 13.1 Å². The van der Waals surface area contributed by atoms with Crippen molar-refractivity contribution in [1.29, 1.82) is 0 Å². The monoisotopic (exact) mass is 285 g/mol. The van der Waals surface area contributed by atoms with Crippen molar-refractivity contribution < 1.29 is 4.79 Å². The van der Waals surface area contributed by atoms with Gasteiger partial charge in [0, 0.05) is 13.1 Å². The maximum Gasteiger partial charge on any atom is 0.277 e. The van der Waals surface area contributed by atoms with Gasteiger partial charge in [0.2, 0.25) is 0 Å². The van der Waals surface area contributed by atoms with E-state index in [1.165, 1.54) is 4.52 Å². The molecule has 0 atom stereocenters.